The number of nitrogens with zero attached hydrogens (tertiary/aromatic N) is 3. The average Bonchev–Trinajstić information content (AvgIpc) is 2.98. The third-order valence-corrected chi connectivity index (χ3v) is 3.78. The highest BCUT2D eigenvalue weighted by molar-refractivity contribution is 7.09. The van der Waals surface area contributed by atoms with Crippen molar-refractivity contribution in [2.24, 2.45) is 5.92 Å². The molecule has 0 spiro atoms. The van der Waals surface area contributed by atoms with Crippen molar-refractivity contribution < 1.29 is 0 Å². The Bertz CT molecular complexity index is 501. The van der Waals surface area contributed by atoms with Crippen LogP contribution in [0.2, 0.25) is 0 Å². The number of nitrogens with one attached hydrogen (secondary N) is 1. The summed E-state index contributed by atoms with van der Waals surface area (Å²) in [6, 6.07) is 0. The summed E-state index contributed by atoms with van der Waals surface area (Å²) in [6.45, 7) is 9.28. The topological polar surface area (TPSA) is 42.7 Å². The van der Waals surface area contributed by atoms with Crippen LogP contribution in [0.15, 0.2) is 17.8 Å². The molecule has 2 heterocycles. The molecule has 4 nitrogen and oxygen atoms in total. The first-order valence-corrected chi connectivity index (χ1v) is 7.71. The minimum atomic E-state index is 0.678. The Morgan fingerprint density at radius 2 is 2.26 bits per heavy atom. The summed E-state index contributed by atoms with van der Waals surface area (Å²) >= 11 is 1.73. The quantitative estimate of drug-likeness (QED) is 0.847. The van der Waals surface area contributed by atoms with Crippen molar-refractivity contribution >= 4 is 11.3 Å². The van der Waals surface area contributed by atoms with Gasteiger partial charge in [-0.3, -0.25) is 0 Å². The van der Waals surface area contributed by atoms with Gasteiger partial charge in [-0.25, -0.2) is 9.97 Å². The SMILES string of the molecule is CCc1nccn1Cc1csc(CNCC(C)C)n1. The summed E-state index contributed by atoms with van der Waals surface area (Å²) in [5.41, 5.74) is 1.12. The fraction of sp³-hybridized carbons (Fsp3) is 0.571. The van der Waals surface area contributed by atoms with Crippen molar-refractivity contribution in [3.8, 4) is 0 Å². The molecule has 0 aliphatic heterocycles. The number of aromatic nitrogens is 3. The lowest BCUT2D eigenvalue weighted by molar-refractivity contribution is 0.551. The molecule has 5 heteroatoms. The van der Waals surface area contributed by atoms with Crippen LogP contribution < -0.4 is 5.32 Å². The van der Waals surface area contributed by atoms with Crippen LogP contribution >= 0.6 is 11.3 Å². The summed E-state index contributed by atoms with van der Waals surface area (Å²) in [5.74, 6) is 1.80. The van der Waals surface area contributed by atoms with Gasteiger partial charge < -0.3 is 9.88 Å². The summed E-state index contributed by atoms with van der Waals surface area (Å²) in [7, 11) is 0. The summed E-state index contributed by atoms with van der Waals surface area (Å²) in [5, 5.41) is 6.73. The number of thiazole rings is 1. The lowest BCUT2D eigenvalue weighted by Crippen LogP contribution is -2.18. The van der Waals surface area contributed by atoms with Gasteiger partial charge in [-0.1, -0.05) is 20.8 Å². The Morgan fingerprint density at radius 3 is 3.00 bits per heavy atom. The number of imidazole rings is 1. The Morgan fingerprint density at radius 1 is 1.42 bits per heavy atom. The monoisotopic (exact) mass is 278 g/mol. The van der Waals surface area contributed by atoms with E-state index in [1.165, 1.54) is 0 Å². The number of hydrogen-bond donors (Lipinski definition) is 1. The van der Waals surface area contributed by atoms with Gasteiger partial charge in [0.15, 0.2) is 0 Å². The van der Waals surface area contributed by atoms with Crippen LogP contribution in [0.3, 0.4) is 0 Å². The molecule has 0 amide bonds. The highest BCUT2D eigenvalue weighted by Crippen LogP contribution is 2.12. The maximum atomic E-state index is 4.66. The Hall–Kier alpha value is -1.20. The first-order valence-electron chi connectivity index (χ1n) is 6.83. The van der Waals surface area contributed by atoms with Gasteiger partial charge in [-0.2, -0.15) is 0 Å². The van der Waals surface area contributed by atoms with Crippen LogP contribution in [-0.4, -0.2) is 21.1 Å². The fourth-order valence-corrected chi connectivity index (χ4v) is 2.70. The molecule has 0 saturated carbocycles. The molecule has 104 valence electrons. The van der Waals surface area contributed by atoms with Gasteiger partial charge in [-0.15, -0.1) is 11.3 Å². The summed E-state index contributed by atoms with van der Waals surface area (Å²) in [4.78, 5) is 9.00. The van der Waals surface area contributed by atoms with E-state index in [0.717, 1.165) is 42.6 Å². The van der Waals surface area contributed by atoms with Crippen LogP contribution in [0.4, 0.5) is 0 Å². The van der Waals surface area contributed by atoms with Crippen molar-refractivity contribution in [3.05, 3.63) is 34.3 Å². The molecule has 0 atom stereocenters. The van der Waals surface area contributed by atoms with E-state index < -0.39 is 0 Å². The first kappa shape index (κ1) is 14.2. The first-order chi connectivity index (χ1) is 9.19. The molecule has 0 aromatic carbocycles. The van der Waals surface area contributed by atoms with Gasteiger partial charge in [-0.05, 0) is 12.5 Å². The van der Waals surface area contributed by atoms with Crippen molar-refractivity contribution in [2.45, 2.75) is 40.3 Å². The van der Waals surface area contributed by atoms with E-state index >= 15 is 0 Å². The lowest BCUT2D eigenvalue weighted by atomic mass is 10.2. The van der Waals surface area contributed by atoms with Gasteiger partial charge in [0.05, 0.1) is 12.2 Å². The molecule has 0 radical (unpaired) electrons. The molecule has 0 aliphatic rings. The van der Waals surface area contributed by atoms with Crippen LogP contribution in [-0.2, 0) is 19.5 Å². The van der Waals surface area contributed by atoms with E-state index in [2.05, 4.69) is 46.0 Å². The molecule has 0 bridgehead atoms. The Balaban J connectivity index is 1.90. The highest BCUT2D eigenvalue weighted by Gasteiger charge is 2.05. The number of aryl methyl sites for hydroxylation is 1. The third kappa shape index (κ3) is 4.14. The normalized spacial score (nSPS) is 11.4. The van der Waals surface area contributed by atoms with E-state index in [0.29, 0.717) is 5.92 Å². The zero-order valence-corrected chi connectivity index (χ0v) is 12.7. The number of hydrogen-bond acceptors (Lipinski definition) is 4. The average molecular weight is 278 g/mol. The van der Waals surface area contributed by atoms with Gasteiger partial charge >= 0.3 is 0 Å². The molecule has 0 saturated heterocycles. The summed E-state index contributed by atoms with van der Waals surface area (Å²) in [6.07, 6.45) is 4.84. The zero-order valence-electron chi connectivity index (χ0n) is 11.9. The second kappa shape index (κ2) is 6.82. The Kier molecular flexibility index (Phi) is 5.10. The van der Waals surface area contributed by atoms with E-state index in [-0.39, 0.29) is 0 Å². The molecular formula is C14H22N4S. The van der Waals surface area contributed by atoms with Crippen molar-refractivity contribution in [1.29, 1.82) is 0 Å². The predicted molar refractivity (Wildman–Crippen MR) is 79.4 cm³/mol. The molecule has 0 aliphatic carbocycles. The third-order valence-electron chi connectivity index (χ3n) is 2.88. The second-order valence-electron chi connectivity index (χ2n) is 5.08. The van der Waals surface area contributed by atoms with Crippen LogP contribution in [0, 0.1) is 5.92 Å². The molecule has 1 N–H and O–H groups in total. The molecular weight excluding hydrogens is 256 g/mol. The van der Waals surface area contributed by atoms with Crippen LogP contribution in [0.5, 0.6) is 0 Å². The zero-order chi connectivity index (χ0) is 13.7. The minimum absolute atomic E-state index is 0.678. The van der Waals surface area contributed by atoms with E-state index in [1.807, 2.05) is 12.4 Å². The van der Waals surface area contributed by atoms with E-state index in [1.54, 1.807) is 11.3 Å². The Labute approximate surface area is 118 Å². The fourth-order valence-electron chi connectivity index (χ4n) is 1.94. The molecule has 0 fully saturated rings. The van der Waals surface area contributed by atoms with Crippen molar-refractivity contribution in [1.82, 2.24) is 19.9 Å². The van der Waals surface area contributed by atoms with Crippen LogP contribution in [0.25, 0.3) is 0 Å². The van der Waals surface area contributed by atoms with Crippen LogP contribution in [0.1, 0.15) is 37.3 Å². The molecule has 2 rings (SSSR count). The second-order valence-corrected chi connectivity index (χ2v) is 6.02. The molecule has 2 aromatic rings. The predicted octanol–water partition coefficient (Wildman–Crippen LogP) is 2.70. The molecule has 19 heavy (non-hydrogen) atoms. The molecule has 2 aromatic heterocycles. The maximum Gasteiger partial charge on any atom is 0.108 e. The standard InChI is InChI=1S/C14H22N4S/c1-4-13-16-5-6-18(13)9-12-10-19-14(17-12)8-15-7-11(2)3/h5-6,10-11,15H,4,7-9H2,1-3H3. The number of rotatable bonds is 7. The largest absolute Gasteiger partial charge is 0.329 e. The van der Waals surface area contributed by atoms with Crippen molar-refractivity contribution in [2.75, 3.05) is 6.54 Å². The minimum Gasteiger partial charge on any atom is -0.329 e. The van der Waals surface area contributed by atoms with Gasteiger partial charge in [0.25, 0.3) is 0 Å². The van der Waals surface area contributed by atoms with Gasteiger partial charge in [0.2, 0.25) is 0 Å². The highest BCUT2D eigenvalue weighted by atomic mass is 32.1. The van der Waals surface area contributed by atoms with Gasteiger partial charge in [0, 0.05) is 30.7 Å². The van der Waals surface area contributed by atoms with Crippen molar-refractivity contribution in [3.63, 3.8) is 0 Å². The smallest absolute Gasteiger partial charge is 0.108 e. The van der Waals surface area contributed by atoms with E-state index in [9.17, 15) is 0 Å². The lowest BCUT2D eigenvalue weighted by Gasteiger charge is -2.05. The maximum absolute atomic E-state index is 4.66. The summed E-state index contributed by atoms with van der Waals surface area (Å²) < 4.78 is 2.17. The van der Waals surface area contributed by atoms with E-state index in [4.69, 9.17) is 0 Å². The molecule has 0 unspecified atom stereocenters. The van der Waals surface area contributed by atoms with Gasteiger partial charge in [0.1, 0.15) is 10.8 Å².